The molecule has 1 saturated carbocycles. The van der Waals surface area contributed by atoms with Crippen LogP contribution in [0.3, 0.4) is 0 Å². The molecule has 1 fully saturated rings. The predicted octanol–water partition coefficient (Wildman–Crippen LogP) is 2.92. The van der Waals surface area contributed by atoms with E-state index in [1.807, 2.05) is 0 Å². The number of benzene rings is 1. The van der Waals surface area contributed by atoms with Crippen molar-refractivity contribution in [2.75, 3.05) is 13.7 Å². The molecule has 3 N–H and O–H groups in total. The van der Waals surface area contributed by atoms with Gasteiger partial charge in [0.2, 0.25) is 0 Å². The molecule has 0 aromatic heterocycles. The fourth-order valence-electron chi connectivity index (χ4n) is 2.26. The Balaban J connectivity index is 2.04. The highest BCUT2D eigenvalue weighted by atomic mass is 19.4. The Labute approximate surface area is 127 Å². The van der Waals surface area contributed by atoms with Crippen LogP contribution in [0.5, 0.6) is 5.75 Å². The van der Waals surface area contributed by atoms with E-state index in [1.54, 1.807) is 0 Å². The second-order valence-electron chi connectivity index (χ2n) is 5.40. The van der Waals surface area contributed by atoms with Crippen molar-refractivity contribution in [1.82, 2.24) is 5.32 Å². The standard InChI is InChI=1S/C15H20F3N3O/c1-22-12-6-5-11(13(7-12)15(16,17)18)9-21-14(19)20-8-10-3-2-4-10/h5-7,10H,2-4,8-9H2,1H3,(H3,19,20,21). The lowest BCUT2D eigenvalue weighted by Crippen LogP contribution is -2.37. The highest BCUT2D eigenvalue weighted by Gasteiger charge is 2.33. The average molecular weight is 315 g/mol. The molecular formula is C15H20F3N3O. The van der Waals surface area contributed by atoms with Gasteiger partial charge in [-0.2, -0.15) is 13.2 Å². The first-order chi connectivity index (χ1) is 10.4. The molecule has 2 rings (SSSR count). The Kier molecular flexibility index (Phi) is 5.15. The van der Waals surface area contributed by atoms with Crippen LogP contribution in [0, 0.1) is 5.92 Å². The second-order valence-corrected chi connectivity index (χ2v) is 5.40. The van der Waals surface area contributed by atoms with E-state index < -0.39 is 11.7 Å². The third-order valence-corrected chi connectivity index (χ3v) is 3.84. The predicted molar refractivity (Wildman–Crippen MR) is 78.7 cm³/mol. The van der Waals surface area contributed by atoms with Crippen LogP contribution < -0.4 is 15.8 Å². The molecule has 0 aliphatic heterocycles. The Bertz CT molecular complexity index is 539. The normalized spacial score (nSPS) is 16.3. The highest BCUT2D eigenvalue weighted by Crippen LogP contribution is 2.34. The van der Waals surface area contributed by atoms with Gasteiger partial charge in [0.1, 0.15) is 5.75 Å². The number of guanidine groups is 1. The van der Waals surface area contributed by atoms with Crippen molar-refractivity contribution in [2.45, 2.75) is 32.0 Å². The number of nitrogens with one attached hydrogen (secondary N) is 1. The number of alkyl halides is 3. The maximum absolute atomic E-state index is 13.0. The molecule has 1 aliphatic rings. The molecule has 1 aromatic rings. The Morgan fingerprint density at radius 3 is 2.68 bits per heavy atom. The molecule has 0 heterocycles. The maximum Gasteiger partial charge on any atom is 0.416 e. The van der Waals surface area contributed by atoms with Gasteiger partial charge in [0, 0.05) is 6.54 Å². The monoisotopic (exact) mass is 315 g/mol. The van der Waals surface area contributed by atoms with E-state index in [-0.39, 0.29) is 23.8 Å². The number of ether oxygens (including phenoxy) is 1. The van der Waals surface area contributed by atoms with Gasteiger partial charge in [-0.1, -0.05) is 12.5 Å². The van der Waals surface area contributed by atoms with Crippen LogP contribution in [0.15, 0.2) is 23.2 Å². The zero-order chi connectivity index (χ0) is 16.2. The summed E-state index contributed by atoms with van der Waals surface area (Å²) in [5, 5.41) is 2.96. The van der Waals surface area contributed by atoms with Crippen LogP contribution in [-0.2, 0) is 12.7 Å². The van der Waals surface area contributed by atoms with E-state index in [4.69, 9.17) is 10.5 Å². The lowest BCUT2D eigenvalue weighted by Gasteiger charge is -2.25. The van der Waals surface area contributed by atoms with Gasteiger partial charge >= 0.3 is 6.18 Å². The van der Waals surface area contributed by atoms with Crippen molar-refractivity contribution in [3.8, 4) is 5.75 Å². The second kappa shape index (κ2) is 6.89. The largest absolute Gasteiger partial charge is 0.497 e. The molecule has 0 spiro atoms. The van der Waals surface area contributed by atoms with Crippen molar-refractivity contribution in [1.29, 1.82) is 0 Å². The van der Waals surface area contributed by atoms with Gasteiger partial charge in [-0.05, 0) is 36.5 Å². The first-order valence-electron chi connectivity index (χ1n) is 7.18. The third kappa shape index (κ3) is 4.29. The van der Waals surface area contributed by atoms with Gasteiger partial charge in [-0.3, -0.25) is 0 Å². The molecule has 0 saturated heterocycles. The molecule has 122 valence electrons. The highest BCUT2D eigenvalue weighted by molar-refractivity contribution is 5.77. The van der Waals surface area contributed by atoms with Gasteiger partial charge in [0.25, 0.3) is 0 Å². The fourth-order valence-corrected chi connectivity index (χ4v) is 2.26. The lowest BCUT2D eigenvalue weighted by atomic mass is 9.85. The Hall–Kier alpha value is -1.92. The first kappa shape index (κ1) is 16.5. The molecule has 0 bridgehead atoms. The summed E-state index contributed by atoms with van der Waals surface area (Å²) in [6, 6.07) is 3.82. The molecule has 1 aliphatic carbocycles. The summed E-state index contributed by atoms with van der Waals surface area (Å²) in [6.07, 6.45) is -0.897. The van der Waals surface area contributed by atoms with Crippen molar-refractivity contribution >= 4 is 5.96 Å². The summed E-state index contributed by atoms with van der Waals surface area (Å²) in [5.41, 5.74) is 5.02. The third-order valence-electron chi connectivity index (χ3n) is 3.84. The van der Waals surface area contributed by atoms with Crippen LogP contribution in [0.25, 0.3) is 0 Å². The maximum atomic E-state index is 13.0. The number of nitrogens with two attached hydrogens (primary N) is 1. The van der Waals surface area contributed by atoms with Gasteiger partial charge in [0.05, 0.1) is 19.2 Å². The number of hydrogen-bond donors (Lipinski definition) is 2. The Morgan fingerprint density at radius 1 is 1.41 bits per heavy atom. The average Bonchev–Trinajstić information content (AvgIpc) is 2.42. The van der Waals surface area contributed by atoms with Crippen molar-refractivity contribution in [2.24, 2.45) is 16.6 Å². The van der Waals surface area contributed by atoms with Crippen molar-refractivity contribution < 1.29 is 17.9 Å². The number of hydrogen-bond acceptors (Lipinski definition) is 2. The van der Waals surface area contributed by atoms with E-state index in [0.717, 1.165) is 25.5 Å². The zero-order valence-corrected chi connectivity index (χ0v) is 12.4. The number of nitrogens with zero attached hydrogens (tertiary/aromatic N) is 1. The van der Waals surface area contributed by atoms with Gasteiger partial charge in [0.15, 0.2) is 5.96 Å². The Morgan fingerprint density at radius 2 is 2.14 bits per heavy atom. The number of aliphatic imine (C=N–C) groups is 1. The van der Waals surface area contributed by atoms with Gasteiger partial charge in [-0.25, -0.2) is 4.99 Å². The lowest BCUT2D eigenvalue weighted by molar-refractivity contribution is -0.138. The van der Waals surface area contributed by atoms with Crippen molar-refractivity contribution in [3.63, 3.8) is 0 Å². The topological polar surface area (TPSA) is 59.6 Å². The van der Waals surface area contributed by atoms with Crippen LogP contribution in [-0.4, -0.2) is 19.6 Å². The van der Waals surface area contributed by atoms with E-state index in [1.165, 1.54) is 25.7 Å². The van der Waals surface area contributed by atoms with Gasteiger partial charge in [-0.15, -0.1) is 0 Å². The zero-order valence-electron chi connectivity index (χ0n) is 12.4. The number of methoxy groups -OCH3 is 1. The van der Waals surface area contributed by atoms with Crippen LogP contribution in [0.4, 0.5) is 13.2 Å². The molecule has 0 radical (unpaired) electrons. The quantitative estimate of drug-likeness (QED) is 0.649. The summed E-state index contributed by atoms with van der Waals surface area (Å²) in [6.45, 7) is 0.604. The summed E-state index contributed by atoms with van der Waals surface area (Å²) >= 11 is 0. The van der Waals surface area contributed by atoms with Crippen LogP contribution >= 0.6 is 0 Å². The summed E-state index contributed by atoms with van der Waals surface area (Å²) < 4.78 is 44.0. The minimum absolute atomic E-state index is 0.0710. The smallest absolute Gasteiger partial charge is 0.416 e. The summed E-state index contributed by atoms with van der Waals surface area (Å²) in [5.74, 6) is 0.937. The van der Waals surface area contributed by atoms with E-state index >= 15 is 0 Å². The van der Waals surface area contributed by atoms with Crippen LogP contribution in [0.1, 0.15) is 30.4 Å². The first-order valence-corrected chi connectivity index (χ1v) is 7.18. The van der Waals surface area contributed by atoms with E-state index in [9.17, 15) is 13.2 Å². The molecule has 0 atom stereocenters. The van der Waals surface area contributed by atoms with E-state index in [0.29, 0.717) is 5.92 Å². The summed E-state index contributed by atoms with van der Waals surface area (Å²) in [4.78, 5) is 4.00. The number of rotatable bonds is 5. The molecule has 1 aromatic carbocycles. The molecule has 0 amide bonds. The molecular weight excluding hydrogens is 295 g/mol. The van der Waals surface area contributed by atoms with Gasteiger partial charge < -0.3 is 15.8 Å². The molecule has 0 unspecified atom stereocenters. The minimum atomic E-state index is -4.45. The van der Waals surface area contributed by atoms with Crippen molar-refractivity contribution in [3.05, 3.63) is 29.3 Å². The SMILES string of the molecule is COc1ccc(CN=C(N)NCC2CCC2)c(C(F)(F)F)c1. The molecule has 4 nitrogen and oxygen atoms in total. The minimum Gasteiger partial charge on any atom is -0.497 e. The molecule has 7 heteroatoms. The fraction of sp³-hybridized carbons (Fsp3) is 0.533. The summed E-state index contributed by atoms with van der Waals surface area (Å²) in [7, 11) is 1.33. The van der Waals surface area contributed by atoms with E-state index in [2.05, 4.69) is 10.3 Å². The number of halogens is 3. The van der Waals surface area contributed by atoms with Crippen LogP contribution in [0.2, 0.25) is 0 Å². The molecule has 22 heavy (non-hydrogen) atoms.